The fourth-order valence-corrected chi connectivity index (χ4v) is 3.23. The van der Waals surface area contributed by atoms with Gasteiger partial charge in [-0.1, -0.05) is 18.2 Å². The number of piperazine rings is 1. The first kappa shape index (κ1) is 17.7. The summed E-state index contributed by atoms with van der Waals surface area (Å²) in [7, 11) is 1.65. The maximum absolute atomic E-state index is 9.49. The van der Waals surface area contributed by atoms with E-state index in [0.29, 0.717) is 18.9 Å². The minimum atomic E-state index is 0.683. The third-order valence-corrected chi connectivity index (χ3v) is 4.79. The standard InChI is InChI=1S/C20H23N5O2/c1-27-18-7-5-16(6-8-18)19-21-20(23-22-19)17-4-2-3-15(13-17)14-24-9-11-25(26)12-10-24/h2-8,13,26H,9-12,14H2,1H3,(H,21,22,23). The van der Waals surface area contributed by atoms with Crippen LogP contribution in [0.15, 0.2) is 48.5 Å². The fraction of sp³-hybridized carbons (Fsp3) is 0.300. The Bertz CT molecular complexity index is 885. The summed E-state index contributed by atoms with van der Waals surface area (Å²) in [6.07, 6.45) is 0. The first-order chi connectivity index (χ1) is 13.2. The molecular formula is C20H23N5O2. The van der Waals surface area contributed by atoms with Crippen molar-refractivity contribution in [3.63, 3.8) is 0 Å². The van der Waals surface area contributed by atoms with Crippen LogP contribution in [0.4, 0.5) is 0 Å². The minimum Gasteiger partial charge on any atom is -0.497 e. The van der Waals surface area contributed by atoms with Gasteiger partial charge in [0.25, 0.3) is 0 Å². The summed E-state index contributed by atoms with van der Waals surface area (Å²) in [6.45, 7) is 3.96. The average molecular weight is 365 g/mol. The number of hydroxylamine groups is 2. The molecule has 0 saturated carbocycles. The molecule has 1 saturated heterocycles. The number of rotatable bonds is 5. The molecule has 0 aliphatic carbocycles. The van der Waals surface area contributed by atoms with Crippen molar-refractivity contribution in [2.24, 2.45) is 0 Å². The van der Waals surface area contributed by atoms with Gasteiger partial charge in [-0.3, -0.25) is 10.00 Å². The summed E-state index contributed by atoms with van der Waals surface area (Å²) in [5.74, 6) is 2.23. The third kappa shape index (κ3) is 4.16. The second kappa shape index (κ2) is 7.87. The quantitative estimate of drug-likeness (QED) is 0.724. The zero-order chi connectivity index (χ0) is 18.6. The zero-order valence-corrected chi connectivity index (χ0v) is 15.3. The van der Waals surface area contributed by atoms with Crippen molar-refractivity contribution in [2.45, 2.75) is 6.54 Å². The highest BCUT2D eigenvalue weighted by Crippen LogP contribution is 2.23. The molecule has 0 amide bonds. The molecule has 2 N–H and O–H groups in total. The molecule has 0 radical (unpaired) electrons. The molecule has 7 nitrogen and oxygen atoms in total. The number of methoxy groups -OCH3 is 1. The van der Waals surface area contributed by atoms with E-state index in [-0.39, 0.29) is 0 Å². The van der Waals surface area contributed by atoms with Crippen LogP contribution in [-0.2, 0) is 6.54 Å². The van der Waals surface area contributed by atoms with Crippen LogP contribution in [0.1, 0.15) is 5.56 Å². The molecule has 1 aliphatic heterocycles. The van der Waals surface area contributed by atoms with Crippen molar-refractivity contribution in [3.8, 4) is 28.5 Å². The van der Waals surface area contributed by atoms with Gasteiger partial charge in [0.2, 0.25) is 0 Å². The molecule has 140 valence electrons. The van der Waals surface area contributed by atoms with E-state index >= 15 is 0 Å². The summed E-state index contributed by atoms with van der Waals surface area (Å²) in [5, 5.41) is 18.3. The van der Waals surface area contributed by atoms with Gasteiger partial charge >= 0.3 is 0 Å². The Morgan fingerprint density at radius 3 is 2.56 bits per heavy atom. The van der Waals surface area contributed by atoms with Crippen molar-refractivity contribution in [1.82, 2.24) is 25.1 Å². The van der Waals surface area contributed by atoms with Gasteiger partial charge in [0.05, 0.1) is 7.11 Å². The molecule has 0 atom stereocenters. The van der Waals surface area contributed by atoms with Crippen LogP contribution in [0.25, 0.3) is 22.8 Å². The number of ether oxygens (including phenoxy) is 1. The Kier molecular flexibility index (Phi) is 5.15. The number of aromatic amines is 1. The number of H-pyrrole nitrogens is 1. The molecule has 1 aromatic heterocycles. The van der Waals surface area contributed by atoms with Crippen LogP contribution in [-0.4, -0.2) is 63.6 Å². The van der Waals surface area contributed by atoms with Crippen molar-refractivity contribution in [3.05, 3.63) is 54.1 Å². The lowest BCUT2D eigenvalue weighted by Crippen LogP contribution is -2.44. The van der Waals surface area contributed by atoms with Gasteiger partial charge in [0, 0.05) is 43.9 Å². The Hall–Kier alpha value is -2.74. The second-order valence-corrected chi connectivity index (χ2v) is 6.67. The fourth-order valence-electron chi connectivity index (χ4n) is 3.23. The van der Waals surface area contributed by atoms with Crippen LogP contribution >= 0.6 is 0 Å². The van der Waals surface area contributed by atoms with Gasteiger partial charge in [-0.05, 0) is 35.9 Å². The topological polar surface area (TPSA) is 77.5 Å². The molecule has 2 aromatic carbocycles. The van der Waals surface area contributed by atoms with Crippen LogP contribution in [0.3, 0.4) is 0 Å². The molecule has 1 fully saturated rings. The van der Waals surface area contributed by atoms with Gasteiger partial charge in [0.15, 0.2) is 11.6 Å². The highest BCUT2D eigenvalue weighted by atomic mass is 16.5. The maximum Gasteiger partial charge on any atom is 0.181 e. The third-order valence-electron chi connectivity index (χ3n) is 4.79. The monoisotopic (exact) mass is 365 g/mol. The Labute approximate surface area is 158 Å². The van der Waals surface area contributed by atoms with Crippen LogP contribution in [0, 0.1) is 0 Å². The first-order valence-corrected chi connectivity index (χ1v) is 9.03. The van der Waals surface area contributed by atoms with E-state index in [1.807, 2.05) is 36.4 Å². The summed E-state index contributed by atoms with van der Waals surface area (Å²) >= 11 is 0. The molecule has 0 spiro atoms. The predicted molar refractivity (Wildman–Crippen MR) is 102 cm³/mol. The summed E-state index contributed by atoms with van der Waals surface area (Å²) in [5.41, 5.74) is 3.17. The summed E-state index contributed by atoms with van der Waals surface area (Å²) in [6, 6.07) is 16.0. The van der Waals surface area contributed by atoms with Crippen LogP contribution in [0.5, 0.6) is 5.75 Å². The summed E-state index contributed by atoms with van der Waals surface area (Å²) in [4.78, 5) is 6.98. The number of hydrogen-bond acceptors (Lipinski definition) is 6. The van der Waals surface area contributed by atoms with Gasteiger partial charge < -0.3 is 9.94 Å². The largest absolute Gasteiger partial charge is 0.497 e. The molecule has 2 heterocycles. The molecule has 1 aliphatic rings. The lowest BCUT2D eigenvalue weighted by Gasteiger charge is -2.31. The van der Waals surface area contributed by atoms with E-state index in [0.717, 1.165) is 42.3 Å². The molecule has 3 aromatic rings. The molecule has 0 unspecified atom stereocenters. The Morgan fingerprint density at radius 1 is 1.04 bits per heavy atom. The zero-order valence-electron chi connectivity index (χ0n) is 15.3. The number of aromatic nitrogens is 3. The number of hydrogen-bond donors (Lipinski definition) is 2. The molecular weight excluding hydrogens is 342 g/mol. The van der Waals surface area contributed by atoms with E-state index in [9.17, 15) is 5.21 Å². The second-order valence-electron chi connectivity index (χ2n) is 6.67. The van der Waals surface area contributed by atoms with Crippen molar-refractivity contribution < 1.29 is 9.94 Å². The van der Waals surface area contributed by atoms with Gasteiger partial charge in [-0.25, -0.2) is 4.98 Å². The number of nitrogens with zero attached hydrogens (tertiary/aromatic N) is 4. The number of benzene rings is 2. The van der Waals surface area contributed by atoms with E-state index in [2.05, 4.69) is 32.2 Å². The van der Waals surface area contributed by atoms with E-state index in [1.54, 1.807) is 7.11 Å². The predicted octanol–water partition coefficient (Wildman–Crippen LogP) is 2.65. The molecule has 27 heavy (non-hydrogen) atoms. The SMILES string of the molecule is COc1ccc(-c2nc(-c3cccc(CN4CCN(O)CC4)c3)n[nH]2)cc1. The Morgan fingerprint density at radius 2 is 1.81 bits per heavy atom. The molecule has 0 bridgehead atoms. The lowest BCUT2D eigenvalue weighted by molar-refractivity contribution is -0.118. The highest BCUT2D eigenvalue weighted by molar-refractivity contribution is 5.62. The van der Waals surface area contributed by atoms with Crippen LogP contribution < -0.4 is 4.74 Å². The maximum atomic E-state index is 9.49. The van der Waals surface area contributed by atoms with Crippen molar-refractivity contribution in [1.29, 1.82) is 0 Å². The van der Waals surface area contributed by atoms with Gasteiger partial charge in [-0.2, -0.15) is 10.2 Å². The smallest absolute Gasteiger partial charge is 0.181 e. The summed E-state index contributed by atoms with van der Waals surface area (Å²) < 4.78 is 5.19. The van der Waals surface area contributed by atoms with Crippen LogP contribution in [0.2, 0.25) is 0 Å². The Balaban J connectivity index is 1.49. The van der Waals surface area contributed by atoms with Gasteiger partial charge in [-0.15, -0.1) is 0 Å². The average Bonchev–Trinajstić information content (AvgIpc) is 3.20. The first-order valence-electron chi connectivity index (χ1n) is 9.03. The molecule has 7 heteroatoms. The normalized spacial score (nSPS) is 15.8. The minimum absolute atomic E-state index is 0.683. The van der Waals surface area contributed by atoms with Crippen molar-refractivity contribution >= 4 is 0 Å². The number of nitrogens with one attached hydrogen (secondary N) is 1. The molecule has 4 rings (SSSR count). The van der Waals surface area contributed by atoms with E-state index < -0.39 is 0 Å². The van der Waals surface area contributed by atoms with E-state index in [1.165, 1.54) is 10.6 Å². The lowest BCUT2D eigenvalue weighted by atomic mass is 10.1. The highest BCUT2D eigenvalue weighted by Gasteiger charge is 2.15. The van der Waals surface area contributed by atoms with Crippen molar-refractivity contribution in [2.75, 3.05) is 33.3 Å². The van der Waals surface area contributed by atoms with E-state index in [4.69, 9.17) is 4.74 Å². The van der Waals surface area contributed by atoms with Gasteiger partial charge in [0.1, 0.15) is 5.75 Å².